The summed E-state index contributed by atoms with van der Waals surface area (Å²) in [6.07, 6.45) is 6.58. The van der Waals surface area contributed by atoms with E-state index in [0.29, 0.717) is 19.6 Å². The Balaban J connectivity index is 1.70. The second kappa shape index (κ2) is 7.11. The lowest BCUT2D eigenvalue weighted by atomic mass is 9.84. The molecule has 27 heavy (non-hydrogen) atoms. The number of hydrogen-bond donors (Lipinski definition) is 1. The average molecular weight is 415 g/mol. The number of benzene rings is 1. The number of fused-ring (bicyclic) bond motifs is 1. The van der Waals surface area contributed by atoms with Crippen LogP contribution in [0, 0.1) is 0 Å². The standard InChI is InChI=1S/C18H26N2O5S2/c21-26(22)17-13-16(27(23,24)20-9-11-25-12-10-20)6-5-15(17)14-18(19-26)7-3-1-2-4-8-18/h5-6,13,19H,1-4,7-12,14H2. The molecule has 1 saturated heterocycles. The fourth-order valence-electron chi connectivity index (χ4n) is 4.45. The molecular formula is C18H26N2O5S2. The molecule has 1 N–H and O–H groups in total. The van der Waals surface area contributed by atoms with E-state index >= 15 is 0 Å². The van der Waals surface area contributed by atoms with Crippen LogP contribution in [0.15, 0.2) is 28.0 Å². The van der Waals surface area contributed by atoms with Crippen molar-refractivity contribution in [1.82, 2.24) is 9.03 Å². The lowest BCUT2D eigenvalue weighted by Crippen LogP contribution is -2.53. The predicted molar refractivity (Wildman–Crippen MR) is 100 cm³/mol. The topological polar surface area (TPSA) is 92.8 Å². The van der Waals surface area contributed by atoms with Gasteiger partial charge in [0, 0.05) is 18.6 Å². The molecule has 0 atom stereocenters. The predicted octanol–water partition coefficient (Wildman–Crippen LogP) is 1.63. The maximum Gasteiger partial charge on any atom is 0.243 e. The summed E-state index contributed by atoms with van der Waals surface area (Å²) in [6, 6.07) is 4.56. The van der Waals surface area contributed by atoms with E-state index in [1.165, 1.54) is 10.4 Å². The van der Waals surface area contributed by atoms with E-state index in [1.807, 2.05) is 0 Å². The second-order valence-corrected chi connectivity index (χ2v) is 11.4. The molecule has 2 aliphatic heterocycles. The number of sulfonamides is 2. The van der Waals surface area contributed by atoms with Crippen LogP contribution < -0.4 is 4.72 Å². The van der Waals surface area contributed by atoms with Crippen molar-refractivity contribution in [3.05, 3.63) is 23.8 Å². The van der Waals surface area contributed by atoms with Crippen LogP contribution in [0.4, 0.5) is 0 Å². The third kappa shape index (κ3) is 3.67. The molecule has 1 saturated carbocycles. The Labute approximate surface area is 161 Å². The zero-order valence-electron chi connectivity index (χ0n) is 15.3. The van der Waals surface area contributed by atoms with Gasteiger partial charge in [0.2, 0.25) is 20.0 Å². The van der Waals surface area contributed by atoms with Crippen molar-refractivity contribution in [2.45, 2.75) is 60.3 Å². The molecule has 0 amide bonds. The summed E-state index contributed by atoms with van der Waals surface area (Å²) >= 11 is 0. The lowest BCUT2D eigenvalue weighted by Gasteiger charge is -2.38. The van der Waals surface area contributed by atoms with Crippen molar-refractivity contribution in [3.63, 3.8) is 0 Å². The molecule has 0 aromatic heterocycles. The van der Waals surface area contributed by atoms with Gasteiger partial charge in [-0.1, -0.05) is 31.7 Å². The SMILES string of the molecule is O=S1(=O)NC2(CCCCCC2)Cc2ccc(S(=O)(=O)N3CCOCC3)cc21. The molecule has 150 valence electrons. The highest BCUT2D eigenvalue weighted by molar-refractivity contribution is 7.90. The molecular weight excluding hydrogens is 388 g/mol. The van der Waals surface area contributed by atoms with Crippen LogP contribution in [0.5, 0.6) is 0 Å². The molecule has 1 aromatic carbocycles. The van der Waals surface area contributed by atoms with Crippen LogP contribution >= 0.6 is 0 Å². The minimum atomic E-state index is -3.74. The monoisotopic (exact) mass is 414 g/mol. The van der Waals surface area contributed by atoms with Gasteiger partial charge in [0.15, 0.2) is 0 Å². The summed E-state index contributed by atoms with van der Waals surface area (Å²) < 4.78 is 61.2. The molecule has 4 rings (SSSR count). The van der Waals surface area contributed by atoms with Crippen molar-refractivity contribution >= 4 is 20.0 Å². The molecule has 0 radical (unpaired) electrons. The maximum atomic E-state index is 13.0. The first-order valence-electron chi connectivity index (χ1n) is 9.57. The molecule has 7 nitrogen and oxygen atoms in total. The quantitative estimate of drug-likeness (QED) is 0.794. The van der Waals surface area contributed by atoms with Gasteiger partial charge in [-0.05, 0) is 37.0 Å². The number of hydrogen-bond acceptors (Lipinski definition) is 5. The van der Waals surface area contributed by atoms with Crippen LogP contribution in [0.25, 0.3) is 0 Å². The fourth-order valence-corrected chi connectivity index (χ4v) is 7.69. The maximum absolute atomic E-state index is 13.0. The highest BCUT2D eigenvalue weighted by Crippen LogP contribution is 2.38. The van der Waals surface area contributed by atoms with E-state index in [2.05, 4.69) is 4.72 Å². The third-order valence-electron chi connectivity index (χ3n) is 5.88. The zero-order chi connectivity index (χ0) is 19.1. The number of ether oxygens (including phenoxy) is 1. The number of nitrogens with one attached hydrogen (secondary N) is 1. The van der Waals surface area contributed by atoms with Gasteiger partial charge in [0.1, 0.15) is 0 Å². The lowest BCUT2D eigenvalue weighted by molar-refractivity contribution is 0.0730. The average Bonchev–Trinajstić information content (AvgIpc) is 2.86. The second-order valence-electron chi connectivity index (χ2n) is 7.76. The molecule has 2 fully saturated rings. The highest BCUT2D eigenvalue weighted by atomic mass is 32.2. The normalized spacial score (nSPS) is 25.6. The van der Waals surface area contributed by atoms with Crippen LogP contribution in [-0.4, -0.2) is 53.0 Å². The summed E-state index contributed by atoms with van der Waals surface area (Å²) in [7, 11) is -7.46. The smallest absolute Gasteiger partial charge is 0.243 e. The van der Waals surface area contributed by atoms with Gasteiger partial charge < -0.3 is 4.74 Å². The first kappa shape index (κ1) is 19.3. The van der Waals surface area contributed by atoms with Crippen molar-refractivity contribution in [2.24, 2.45) is 0 Å². The minimum absolute atomic E-state index is 0.0327. The van der Waals surface area contributed by atoms with Gasteiger partial charge in [-0.25, -0.2) is 21.6 Å². The van der Waals surface area contributed by atoms with Gasteiger partial charge >= 0.3 is 0 Å². The highest BCUT2D eigenvalue weighted by Gasteiger charge is 2.42. The largest absolute Gasteiger partial charge is 0.379 e. The van der Waals surface area contributed by atoms with Crippen molar-refractivity contribution < 1.29 is 21.6 Å². The molecule has 1 aliphatic carbocycles. The number of morpholine rings is 1. The van der Waals surface area contributed by atoms with E-state index in [9.17, 15) is 16.8 Å². The van der Waals surface area contributed by atoms with Crippen LogP contribution in [0.2, 0.25) is 0 Å². The summed E-state index contributed by atoms with van der Waals surface area (Å²) in [5.41, 5.74) is 0.295. The van der Waals surface area contributed by atoms with E-state index < -0.39 is 25.6 Å². The summed E-state index contributed by atoms with van der Waals surface area (Å²) in [4.78, 5) is 0.136. The fraction of sp³-hybridized carbons (Fsp3) is 0.667. The Morgan fingerprint density at radius 1 is 1.04 bits per heavy atom. The summed E-state index contributed by atoms with van der Waals surface area (Å²) in [6.45, 7) is 1.28. The molecule has 2 heterocycles. The molecule has 0 unspecified atom stereocenters. The Hall–Kier alpha value is -1.00. The van der Waals surface area contributed by atoms with Crippen molar-refractivity contribution in [1.29, 1.82) is 0 Å². The number of rotatable bonds is 2. The van der Waals surface area contributed by atoms with E-state index in [4.69, 9.17) is 4.74 Å². The van der Waals surface area contributed by atoms with Crippen molar-refractivity contribution in [2.75, 3.05) is 26.3 Å². The molecule has 1 aromatic rings. The molecule has 3 aliphatic rings. The van der Waals surface area contributed by atoms with Gasteiger partial charge in [-0.2, -0.15) is 4.31 Å². The van der Waals surface area contributed by atoms with E-state index in [0.717, 1.165) is 44.1 Å². The minimum Gasteiger partial charge on any atom is -0.379 e. The van der Waals surface area contributed by atoms with Gasteiger partial charge in [0.05, 0.1) is 23.0 Å². The summed E-state index contributed by atoms with van der Waals surface area (Å²) in [5.74, 6) is 0. The van der Waals surface area contributed by atoms with Gasteiger partial charge in [0.25, 0.3) is 0 Å². The Morgan fingerprint density at radius 2 is 1.70 bits per heavy atom. The third-order valence-corrected chi connectivity index (χ3v) is 9.43. The summed E-state index contributed by atoms with van der Waals surface area (Å²) in [5, 5.41) is 0. The Kier molecular flexibility index (Phi) is 5.09. The van der Waals surface area contributed by atoms with Crippen molar-refractivity contribution in [3.8, 4) is 0 Å². The van der Waals surface area contributed by atoms with E-state index in [-0.39, 0.29) is 22.9 Å². The molecule has 0 bridgehead atoms. The molecule has 9 heteroatoms. The van der Waals surface area contributed by atoms with Crippen LogP contribution in [-0.2, 0) is 31.2 Å². The number of nitrogens with zero attached hydrogens (tertiary/aromatic N) is 1. The molecule has 1 spiro atoms. The zero-order valence-corrected chi connectivity index (χ0v) is 16.9. The first-order chi connectivity index (χ1) is 12.8. The van der Waals surface area contributed by atoms with Crippen LogP contribution in [0.3, 0.4) is 0 Å². The Morgan fingerprint density at radius 3 is 2.37 bits per heavy atom. The van der Waals surface area contributed by atoms with Crippen LogP contribution in [0.1, 0.15) is 44.1 Å². The van der Waals surface area contributed by atoms with Gasteiger partial charge in [-0.15, -0.1) is 0 Å². The van der Waals surface area contributed by atoms with Gasteiger partial charge in [-0.3, -0.25) is 0 Å². The Bertz CT molecular complexity index is 913. The van der Waals surface area contributed by atoms with E-state index in [1.54, 1.807) is 12.1 Å². The first-order valence-corrected chi connectivity index (χ1v) is 12.5.